The van der Waals surface area contributed by atoms with E-state index in [1.54, 1.807) is 50.4 Å². The largest absolute Gasteiger partial charge is 0.376 e. The van der Waals surface area contributed by atoms with Crippen molar-refractivity contribution < 1.29 is 16.8 Å². The Labute approximate surface area is 159 Å². The molecule has 0 fully saturated rings. The molecule has 26 heavy (non-hydrogen) atoms. The molecule has 0 aliphatic rings. The molecule has 0 saturated carbocycles. The van der Waals surface area contributed by atoms with Gasteiger partial charge < -0.3 is 4.90 Å². The maximum atomic E-state index is 12.8. The summed E-state index contributed by atoms with van der Waals surface area (Å²) in [7, 11) is -3.96. The maximum Gasteiger partial charge on any atom is 0.271 e. The first-order chi connectivity index (χ1) is 12.1. The Bertz CT molecular complexity index is 949. The van der Waals surface area contributed by atoms with Crippen molar-refractivity contribution in [1.29, 1.82) is 0 Å². The van der Waals surface area contributed by atoms with E-state index < -0.39 is 20.0 Å². The first-order valence-corrected chi connectivity index (χ1v) is 11.8. The number of hydrogen-bond donors (Lipinski definition) is 1. The lowest BCUT2D eigenvalue weighted by molar-refractivity contribution is 0.445. The van der Waals surface area contributed by atoms with Crippen molar-refractivity contribution in [3.8, 4) is 0 Å². The average molecular weight is 418 g/mol. The number of nitrogens with one attached hydrogen (secondary N) is 1. The zero-order valence-electron chi connectivity index (χ0n) is 15.1. The summed E-state index contributed by atoms with van der Waals surface area (Å²) in [4.78, 5) is 1.77. The van der Waals surface area contributed by atoms with Gasteiger partial charge in [0.05, 0.1) is 16.3 Å². The number of thiophene rings is 1. The van der Waals surface area contributed by atoms with Gasteiger partial charge in [0.2, 0.25) is 10.0 Å². The Hall–Kier alpha value is -1.62. The minimum atomic E-state index is -3.79. The van der Waals surface area contributed by atoms with Crippen LogP contribution in [0.4, 0.5) is 11.4 Å². The predicted molar refractivity (Wildman–Crippen MR) is 106 cm³/mol. The van der Waals surface area contributed by atoms with Crippen LogP contribution in [-0.2, 0) is 20.0 Å². The molecular weight excluding hydrogens is 394 g/mol. The van der Waals surface area contributed by atoms with E-state index in [4.69, 9.17) is 0 Å². The summed E-state index contributed by atoms with van der Waals surface area (Å²) in [5.41, 5.74) is 0.792. The van der Waals surface area contributed by atoms with Crippen molar-refractivity contribution in [3.05, 3.63) is 35.7 Å². The lowest BCUT2D eigenvalue weighted by Gasteiger charge is -2.22. The molecule has 0 atom stereocenters. The average Bonchev–Trinajstić information content (AvgIpc) is 3.10. The molecule has 0 saturated heterocycles. The summed E-state index contributed by atoms with van der Waals surface area (Å²) < 4.78 is 54.7. The third-order valence-corrected chi connectivity index (χ3v) is 8.61. The van der Waals surface area contributed by atoms with Gasteiger partial charge in [-0.15, -0.1) is 11.3 Å². The SMILES string of the molecule is CCN(CC)S(=O)(=O)c1ccc(N(C)C)c(NS(=O)(=O)c2cccs2)c1. The summed E-state index contributed by atoms with van der Waals surface area (Å²) in [6.45, 7) is 4.19. The second kappa shape index (κ2) is 7.95. The number of anilines is 2. The van der Waals surface area contributed by atoms with E-state index in [0.29, 0.717) is 18.8 Å². The van der Waals surface area contributed by atoms with Crippen LogP contribution in [0.15, 0.2) is 44.8 Å². The van der Waals surface area contributed by atoms with Crippen molar-refractivity contribution in [2.24, 2.45) is 0 Å². The van der Waals surface area contributed by atoms with Gasteiger partial charge in [-0.25, -0.2) is 16.8 Å². The van der Waals surface area contributed by atoms with Gasteiger partial charge in [-0.3, -0.25) is 4.72 Å². The van der Waals surface area contributed by atoms with Gasteiger partial charge in [-0.05, 0) is 29.6 Å². The summed E-state index contributed by atoms with van der Waals surface area (Å²) >= 11 is 1.09. The standard InChI is InChI=1S/C16H23N3O4S3/c1-5-19(6-2)26(22,23)13-9-10-15(18(3)4)14(12-13)17-25(20,21)16-8-7-11-24-16/h7-12,17H,5-6H2,1-4H3. The van der Waals surface area contributed by atoms with Crippen molar-refractivity contribution in [3.63, 3.8) is 0 Å². The van der Waals surface area contributed by atoms with Crippen LogP contribution in [0.3, 0.4) is 0 Å². The summed E-state index contributed by atoms with van der Waals surface area (Å²) in [6, 6.07) is 7.61. The fourth-order valence-electron chi connectivity index (χ4n) is 2.47. The second-order valence-corrected chi connectivity index (χ2v) is 10.5. The molecule has 0 bridgehead atoms. The van der Waals surface area contributed by atoms with Crippen molar-refractivity contribution in [1.82, 2.24) is 4.31 Å². The molecule has 144 valence electrons. The van der Waals surface area contributed by atoms with Crippen LogP contribution in [0.5, 0.6) is 0 Å². The molecule has 1 aromatic carbocycles. The normalized spacial score (nSPS) is 12.3. The van der Waals surface area contributed by atoms with Crippen molar-refractivity contribution >= 4 is 42.8 Å². The minimum absolute atomic E-state index is 0.0516. The van der Waals surface area contributed by atoms with Crippen LogP contribution in [0.25, 0.3) is 0 Å². The summed E-state index contributed by atoms with van der Waals surface area (Å²) in [5.74, 6) is 0. The molecule has 0 spiro atoms. The Morgan fingerprint density at radius 1 is 1.04 bits per heavy atom. The topological polar surface area (TPSA) is 86.8 Å². The highest BCUT2D eigenvalue weighted by atomic mass is 32.2. The lowest BCUT2D eigenvalue weighted by atomic mass is 10.2. The number of sulfonamides is 2. The molecule has 0 radical (unpaired) electrons. The first-order valence-electron chi connectivity index (χ1n) is 8.01. The molecule has 0 aliphatic heterocycles. The molecule has 1 N–H and O–H groups in total. The highest BCUT2D eigenvalue weighted by Gasteiger charge is 2.24. The monoisotopic (exact) mass is 417 g/mol. The van der Waals surface area contributed by atoms with E-state index >= 15 is 0 Å². The molecule has 1 heterocycles. The maximum absolute atomic E-state index is 12.8. The molecule has 0 unspecified atom stereocenters. The van der Waals surface area contributed by atoms with Gasteiger partial charge in [0, 0.05) is 27.2 Å². The van der Waals surface area contributed by atoms with Crippen LogP contribution in [0.1, 0.15) is 13.8 Å². The van der Waals surface area contributed by atoms with E-state index in [9.17, 15) is 16.8 Å². The van der Waals surface area contributed by atoms with Gasteiger partial charge in [0.15, 0.2) is 0 Å². The van der Waals surface area contributed by atoms with E-state index in [2.05, 4.69) is 4.72 Å². The number of hydrogen-bond acceptors (Lipinski definition) is 6. The third-order valence-electron chi connectivity index (χ3n) is 3.80. The molecule has 0 amide bonds. The summed E-state index contributed by atoms with van der Waals surface area (Å²) in [6.07, 6.45) is 0. The highest BCUT2D eigenvalue weighted by Crippen LogP contribution is 2.31. The minimum Gasteiger partial charge on any atom is -0.376 e. The molecule has 1 aromatic heterocycles. The van der Waals surface area contributed by atoms with Crippen LogP contribution in [0, 0.1) is 0 Å². The van der Waals surface area contributed by atoms with Crippen molar-refractivity contribution in [2.75, 3.05) is 36.8 Å². The fourth-order valence-corrected chi connectivity index (χ4v) is 6.01. The first kappa shape index (κ1) is 20.7. The van der Waals surface area contributed by atoms with Gasteiger partial charge in [-0.1, -0.05) is 19.9 Å². The lowest BCUT2D eigenvalue weighted by Crippen LogP contribution is -2.30. The fraction of sp³-hybridized carbons (Fsp3) is 0.375. The smallest absolute Gasteiger partial charge is 0.271 e. The Balaban J connectivity index is 2.54. The Kier molecular flexibility index (Phi) is 6.33. The number of rotatable bonds is 8. The molecule has 2 aromatic rings. The van der Waals surface area contributed by atoms with Crippen LogP contribution < -0.4 is 9.62 Å². The van der Waals surface area contributed by atoms with E-state index in [1.807, 2.05) is 0 Å². The van der Waals surface area contributed by atoms with Gasteiger partial charge in [-0.2, -0.15) is 4.31 Å². The number of nitrogens with zero attached hydrogens (tertiary/aromatic N) is 2. The number of benzene rings is 1. The molecule has 10 heteroatoms. The van der Waals surface area contributed by atoms with Gasteiger partial charge in [0.1, 0.15) is 4.21 Å². The van der Waals surface area contributed by atoms with Crippen LogP contribution >= 0.6 is 11.3 Å². The molecular formula is C16H23N3O4S3. The highest BCUT2D eigenvalue weighted by molar-refractivity contribution is 7.94. The second-order valence-electron chi connectivity index (χ2n) is 5.70. The quantitative estimate of drug-likeness (QED) is 0.713. The zero-order chi connectivity index (χ0) is 19.5. The summed E-state index contributed by atoms with van der Waals surface area (Å²) in [5, 5.41) is 1.67. The third kappa shape index (κ3) is 4.20. The van der Waals surface area contributed by atoms with Gasteiger partial charge >= 0.3 is 0 Å². The van der Waals surface area contributed by atoms with Crippen LogP contribution in [-0.4, -0.2) is 48.3 Å². The Morgan fingerprint density at radius 2 is 1.69 bits per heavy atom. The van der Waals surface area contributed by atoms with Gasteiger partial charge in [0.25, 0.3) is 10.0 Å². The van der Waals surface area contributed by atoms with Crippen molar-refractivity contribution in [2.45, 2.75) is 23.0 Å². The predicted octanol–water partition coefficient (Wildman–Crippen LogP) is 2.65. The van der Waals surface area contributed by atoms with Crippen LogP contribution in [0.2, 0.25) is 0 Å². The Morgan fingerprint density at radius 3 is 2.19 bits per heavy atom. The zero-order valence-corrected chi connectivity index (χ0v) is 17.6. The van der Waals surface area contributed by atoms with E-state index in [0.717, 1.165) is 11.3 Å². The molecule has 2 rings (SSSR count). The molecule has 0 aliphatic carbocycles. The van der Waals surface area contributed by atoms with E-state index in [-0.39, 0.29) is 14.8 Å². The van der Waals surface area contributed by atoms with E-state index in [1.165, 1.54) is 22.5 Å². The molecule has 7 nitrogen and oxygen atoms in total.